The van der Waals surface area contributed by atoms with E-state index in [1.807, 2.05) is 19.1 Å². The number of carbonyl (C=O) groups is 3. The predicted molar refractivity (Wildman–Crippen MR) is 95.5 cm³/mol. The number of hydrogen-bond donors (Lipinski definition) is 3. The van der Waals surface area contributed by atoms with Crippen LogP contribution in [0.25, 0.3) is 0 Å². The van der Waals surface area contributed by atoms with Crippen LogP contribution in [0.4, 0.5) is 11.4 Å². The number of aliphatic carboxylic acids is 1. The Labute approximate surface area is 145 Å². The SMILES string of the molecule is CC(=O)Nc1ccc(C(CC(=O)O)C(=O)Nc2ccc(C)cc2)cc1. The second kappa shape index (κ2) is 8.10. The van der Waals surface area contributed by atoms with E-state index in [1.54, 1.807) is 36.4 Å². The maximum Gasteiger partial charge on any atom is 0.304 e. The molecule has 0 aliphatic heterocycles. The van der Waals surface area contributed by atoms with Crippen LogP contribution < -0.4 is 10.6 Å². The summed E-state index contributed by atoms with van der Waals surface area (Å²) in [6.07, 6.45) is -0.322. The fourth-order valence-electron chi connectivity index (χ4n) is 2.40. The smallest absolute Gasteiger partial charge is 0.304 e. The lowest BCUT2D eigenvalue weighted by Crippen LogP contribution is -2.23. The van der Waals surface area contributed by atoms with Crippen LogP contribution in [-0.2, 0) is 14.4 Å². The molecule has 0 spiro atoms. The van der Waals surface area contributed by atoms with Gasteiger partial charge in [-0.25, -0.2) is 0 Å². The molecule has 0 aromatic heterocycles. The third kappa shape index (κ3) is 5.46. The van der Waals surface area contributed by atoms with Crippen LogP contribution in [0.15, 0.2) is 48.5 Å². The van der Waals surface area contributed by atoms with Crippen LogP contribution in [0, 0.1) is 6.92 Å². The highest BCUT2D eigenvalue weighted by Crippen LogP contribution is 2.24. The Kier molecular flexibility index (Phi) is 5.89. The minimum atomic E-state index is -1.06. The molecule has 0 saturated carbocycles. The van der Waals surface area contributed by atoms with E-state index in [4.69, 9.17) is 5.11 Å². The van der Waals surface area contributed by atoms with Gasteiger partial charge >= 0.3 is 5.97 Å². The number of aryl methyl sites for hydroxylation is 1. The molecule has 0 aliphatic carbocycles. The van der Waals surface area contributed by atoms with Crippen molar-refractivity contribution < 1.29 is 19.5 Å². The lowest BCUT2D eigenvalue weighted by molar-refractivity contribution is -0.139. The monoisotopic (exact) mass is 340 g/mol. The zero-order valence-electron chi connectivity index (χ0n) is 14.1. The van der Waals surface area contributed by atoms with Crippen molar-refractivity contribution in [1.82, 2.24) is 0 Å². The van der Waals surface area contributed by atoms with E-state index in [2.05, 4.69) is 10.6 Å². The minimum absolute atomic E-state index is 0.202. The molecule has 0 bridgehead atoms. The number of anilines is 2. The van der Waals surface area contributed by atoms with Gasteiger partial charge in [0.2, 0.25) is 11.8 Å². The van der Waals surface area contributed by atoms with Gasteiger partial charge in [-0.2, -0.15) is 0 Å². The summed E-state index contributed by atoms with van der Waals surface area (Å²) in [5, 5.41) is 14.5. The van der Waals surface area contributed by atoms with Gasteiger partial charge in [-0.05, 0) is 36.8 Å². The third-order valence-electron chi connectivity index (χ3n) is 3.65. The first-order valence-corrected chi connectivity index (χ1v) is 7.82. The lowest BCUT2D eigenvalue weighted by Gasteiger charge is -2.16. The van der Waals surface area contributed by atoms with Crippen molar-refractivity contribution in [3.63, 3.8) is 0 Å². The van der Waals surface area contributed by atoms with Gasteiger partial charge < -0.3 is 15.7 Å². The summed E-state index contributed by atoms with van der Waals surface area (Å²) in [5.74, 6) is -2.48. The second-order valence-electron chi connectivity index (χ2n) is 5.81. The van der Waals surface area contributed by atoms with E-state index in [-0.39, 0.29) is 12.3 Å². The summed E-state index contributed by atoms with van der Waals surface area (Å²) in [6.45, 7) is 3.34. The number of carboxylic acids is 1. The van der Waals surface area contributed by atoms with E-state index in [0.717, 1.165) is 5.56 Å². The number of nitrogens with one attached hydrogen (secondary N) is 2. The molecule has 3 N–H and O–H groups in total. The van der Waals surface area contributed by atoms with Gasteiger partial charge in [0.1, 0.15) is 0 Å². The number of hydrogen-bond acceptors (Lipinski definition) is 3. The average Bonchev–Trinajstić information content (AvgIpc) is 2.55. The van der Waals surface area contributed by atoms with E-state index in [1.165, 1.54) is 6.92 Å². The number of benzene rings is 2. The Morgan fingerprint density at radius 1 is 0.920 bits per heavy atom. The molecule has 2 aromatic rings. The molecule has 0 fully saturated rings. The third-order valence-corrected chi connectivity index (χ3v) is 3.65. The first-order chi connectivity index (χ1) is 11.8. The van der Waals surface area contributed by atoms with Gasteiger partial charge in [-0.15, -0.1) is 0 Å². The van der Waals surface area contributed by atoms with E-state index >= 15 is 0 Å². The summed E-state index contributed by atoms with van der Waals surface area (Å²) in [7, 11) is 0. The highest BCUT2D eigenvalue weighted by atomic mass is 16.4. The minimum Gasteiger partial charge on any atom is -0.481 e. The average molecular weight is 340 g/mol. The molecule has 6 heteroatoms. The number of carbonyl (C=O) groups excluding carboxylic acids is 2. The molecule has 6 nitrogen and oxygen atoms in total. The molecule has 2 aromatic carbocycles. The fraction of sp³-hybridized carbons (Fsp3) is 0.211. The standard InChI is InChI=1S/C19H20N2O4/c1-12-3-7-16(8-4-12)21-19(25)17(11-18(23)24)14-5-9-15(10-6-14)20-13(2)22/h3-10,17H,11H2,1-2H3,(H,20,22)(H,21,25)(H,23,24). The Hall–Kier alpha value is -3.15. The van der Waals surface area contributed by atoms with Crippen molar-refractivity contribution in [2.75, 3.05) is 10.6 Å². The highest BCUT2D eigenvalue weighted by molar-refractivity contribution is 5.98. The van der Waals surface area contributed by atoms with E-state index in [0.29, 0.717) is 16.9 Å². The predicted octanol–water partition coefficient (Wildman–Crippen LogP) is 3.15. The van der Waals surface area contributed by atoms with Crippen LogP contribution in [0.2, 0.25) is 0 Å². The Morgan fingerprint density at radius 3 is 1.96 bits per heavy atom. The van der Waals surface area contributed by atoms with Crippen LogP contribution in [0.1, 0.15) is 30.4 Å². The first kappa shape index (κ1) is 18.2. The number of rotatable bonds is 6. The van der Waals surface area contributed by atoms with Gasteiger partial charge in [0, 0.05) is 18.3 Å². The summed E-state index contributed by atoms with van der Waals surface area (Å²) in [4.78, 5) is 34.8. The molecule has 1 unspecified atom stereocenters. The van der Waals surface area contributed by atoms with Gasteiger partial charge in [-0.3, -0.25) is 14.4 Å². The maximum absolute atomic E-state index is 12.6. The Bertz CT molecular complexity index is 767. The zero-order chi connectivity index (χ0) is 18.4. The van der Waals surface area contributed by atoms with Crippen molar-refractivity contribution in [3.05, 3.63) is 59.7 Å². The molecule has 0 heterocycles. The molecule has 0 radical (unpaired) electrons. The van der Waals surface area contributed by atoms with Crippen molar-refractivity contribution in [2.45, 2.75) is 26.2 Å². The molecule has 1 atom stereocenters. The summed E-state index contributed by atoms with van der Waals surface area (Å²) < 4.78 is 0. The summed E-state index contributed by atoms with van der Waals surface area (Å²) in [5.41, 5.74) is 2.83. The van der Waals surface area contributed by atoms with Crippen molar-refractivity contribution in [3.8, 4) is 0 Å². The topological polar surface area (TPSA) is 95.5 Å². The molecular formula is C19H20N2O4. The molecule has 25 heavy (non-hydrogen) atoms. The first-order valence-electron chi connectivity index (χ1n) is 7.82. The molecule has 130 valence electrons. The normalized spacial score (nSPS) is 11.4. The van der Waals surface area contributed by atoms with Crippen LogP contribution >= 0.6 is 0 Å². The van der Waals surface area contributed by atoms with Crippen LogP contribution in [0.3, 0.4) is 0 Å². The molecule has 0 aliphatic rings. The van der Waals surface area contributed by atoms with E-state index < -0.39 is 17.8 Å². The zero-order valence-corrected chi connectivity index (χ0v) is 14.1. The van der Waals surface area contributed by atoms with Gasteiger partial charge in [0.25, 0.3) is 0 Å². The summed E-state index contributed by atoms with van der Waals surface area (Å²) in [6, 6.07) is 13.8. The fourth-order valence-corrected chi connectivity index (χ4v) is 2.40. The van der Waals surface area contributed by atoms with Crippen LogP contribution in [0.5, 0.6) is 0 Å². The second-order valence-corrected chi connectivity index (χ2v) is 5.81. The van der Waals surface area contributed by atoms with E-state index in [9.17, 15) is 14.4 Å². The Balaban J connectivity index is 2.19. The van der Waals surface area contributed by atoms with Crippen molar-refractivity contribution in [2.24, 2.45) is 0 Å². The molecular weight excluding hydrogens is 320 g/mol. The van der Waals surface area contributed by atoms with Gasteiger partial charge in [-0.1, -0.05) is 29.8 Å². The largest absolute Gasteiger partial charge is 0.481 e. The van der Waals surface area contributed by atoms with Crippen LogP contribution in [-0.4, -0.2) is 22.9 Å². The highest BCUT2D eigenvalue weighted by Gasteiger charge is 2.24. The molecule has 2 amide bonds. The maximum atomic E-state index is 12.6. The lowest BCUT2D eigenvalue weighted by atomic mass is 9.94. The van der Waals surface area contributed by atoms with Gasteiger partial charge in [0.05, 0.1) is 12.3 Å². The molecule has 0 saturated heterocycles. The van der Waals surface area contributed by atoms with Crippen molar-refractivity contribution in [1.29, 1.82) is 0 Å². The number of carboxylic acid groups (broad SMARTS) is 1. The van der Waals surface area contributed by atoms with Gasteiger partial charge in [0.15, 0.2) is 0 Å². The molecule has 2 rings (SSSR count). The quantitative estimate of drug-likeness (QED) is 0.753. The summed E-state index contributed by atoms with van der Waals surface area (Å²) >= 11 is 0. The van der Waals surface area contributed by atoms with Crippen molar-refractivity contribution >= 4 is 29.2 Å². The Morgan fingerprint density at radius 2 is 1.44 bits per heavy atom. The number of amides is 2.